The van der Waals surface area contributed by atoms with Crippen LogP contribution in [0.1, 0.15) is 12.5 Å². The molecule has 0 heterocycles. The highest BCUT2D eigenvalue weighted by atomic mass is 19.1. The van der Waals surface area contributed by atoms with Gasteiger partial charge in [0.2, 0.25) is 0 Å². The van der Waals surface area contributed by atoms with Crippen molar-refractivity contribution in [3.63, 3.8) is 0 Å². The molecule has 0 aliphatic carbocycles. The van der Waals surface area contributed by atoms with E-state index in [4.69, 9.17) is 5.26 Å². The van der Waals surface area contributed by atoms with Crippen molar-refractivity contribution >= 4 is 5.69 Å². The van der Waals surface area contributed by atoms with Crippen LogP contribution >= 0.6 is 0 Å². The Morgan fingerprint density at radius 2 is 2.21 bits per heavy atom. The lowest BCUT2D eigenvalue weighted by atomic mass is 10.1. The molecule has 0 saturated carbocycles. The number of hydrogen-bond acceptors (Lipinski definition) is 2. The lowest BCUT2D eigenvalue weighted by molar-refractivity contribution is 0.378. The summed E-state index contributed by atoms with van der Waals surface area (Å²) in [6.07, 6.45) is -0.533. The van der Waals surface area contributed by atoms with Gasteiger partial charge in [-0.25, -0.2) is 4.39 Å². The Morgan fingerprint density at radius 1 is 1.50 bits per heavy atom. The summed E-state index contributed by atoms with van der Waals surface area (Å²) >= 11 is 0. The number of rotatable bonds is 4. The summed E-state index contributed by atoms with van der Waals surface area (Å²) in [6, 6.07) is 9.54. The van der Waals surface area contributed by atoms with Crippen LogP contribution in [0.3, 0.4) is 0 Å². The van der Waals surface area contributed by atoms with E-state index < -0.39 is 6.17 Å². The maximum atomic E-state index is 12.6. The van der Waals surface area contributed by atoms with Gasteiger partial charge in [0.1, 0.15) is 6.17 Å². The number of anilines is 1. The molecule has 0 aromatic heterocycles. The molecule has 1 aromatic rings. The van der Waals surface area contributed by atoms with Crippen LogP contribution < -0.4 is 5.32 Å². The minimum absolute atomic E-state index is 0.280. The zero-order valence-corrected chi connectivity index (χ0v) is 8.13. The van der Waals surface area contributed by atoms with Crippen molar-refractivity contribution in [1.82, 2.24) is 0 Å². The third-order valence-electron chi connectivity index (χ3n) is 1.86. The maximum absolute atomic E-state index is 12.6. The van der Waals surface area contributed by atoms with Gasteiger partial charge in [-0.1, -0.05) is 18.2 Å². The van der Waals surface area contributed by atoms with Gasteiger partial charge < -0.3 is 5.32 Å². The molecule has 14 heavy (non-hydrogen) atoms. The molecule has 1 aromatic carbocycles. The van der Waals surface area contributed by atoms with Crippen LogP contribution in [0.15, 0.2) is 24.3 Å². The average molecular weight is 192 g/mol. The molecular weight excluding hydrogens is 179 g/mol. The molecule has 0 saturated heterocycles. The van der Waals surface area contributed by atoms with Crippen molar-refractivity contribution in [2.45, 2.75) is 19.5 Å². The molecule has 1 unspecified atom stereocenters. The van der Waals surface area contributed by atoms with Gasteiger partial charge in [0, 0.05) is 12.2 Å². The minimum Gasteiger partial charge on any atom is -0.382 e. The highest BCUT2D eigenvalue weighted by Crippen LogP contribution is 2.15. The molecule has 1 rings (SSSR count). The van der Waals surface area contributed by atoms with Crippen molar-refractivity contribution in [3.8, 4) is 6.07 Å². The number of benzene rings is 1. The maximum Gasteiger partial charge on any atom is 0.114 e. The van der Waals surface area contributed by atoms with Crippen molar-refractivity contribution < 1.29 is 4.39 Å². The quantitative estimate of drug-likeness (QED) is 0.795. The summed E-state index contributed by atoms with van der Waals surface area (Å²) in [4.78, 5) is 0. The Balaban J connectivity index is 2.70. The number of nitrogens with one attached hydrogen (secondary N) is 1. The first kappa shape index (κ1) is 10.5. The number of halogens is 1. The smallest absolute Gasteiger partial charge is 0.114 e. The van der Waals surface area contributed by atoms with E-state index in [0.29, 0.717) is 6.42 Å². The first-order valence-electron chi connectivity index (χ1n) is 4.57. The van der Waals surface area contributed by atoms with E-state index in [-0.39, 0.29) is 6.54 Å². The average Bonchev–Trinajstić information content (AvgIpc) is 2.17. The van der Waals surface area contributed by atoms with Crippen molar-refractivity contribution in [1.29, 1.82) is 5.26 Å². The molecule has 0 spiro atoms. The Bertz CT molecular complexity index is 328. The van der Waals surface area contributed by atoms with Crippen LogP contribution in [0.25, 0.3) is 0 Å². The van der Waals surface area contributed by atoms with Crippen LogP contribution in [-0.4, -0.2) is 12.7 Å². The number of nitrogens with zero attached hydrogens (tertiary/aromatic N) is 1. The fraction of sp³-hybridized carbons (Fsp3) is 0.364. The zero-order chi connectivity index (χ0) is 10.4. The van der Waals surface area contributed by atoms with Gasteiger partial charge in [-0.05, 0) is 18.6 Å². The van der Waals surface area contributed by atoms with E-state index in [1.54, 1.807) is 0 Å². The minimum atomic E-state index is -0.884. The third kappa shape index (κ3) is 3.06. The molecule has 0 bridgehead atoms. The van der Waals surface area contributed by atoms with Crippen LogP contribution in [0.5, 0.6) is 0 Å². The second-order valence-electron chi connectivity index (χ2n) is 3.15. The SMILES string of the molecule is CC(F)CNc1ccccc1CC#N. The highest BCUT2D eigenvalue weighted by Gasteiger charge is 2.02. The van der Waals surface area contributed by atoms with E-state index in [1.165, 1.54) is 6.92 Å². The second kappa shape index (κ2) is 5.23. The van der Waals surface area contributed by atoms with Crippen molar-refractivity contribution in [2.75, 3.05) is 11.9 Å². The van der Waals surface area contributed by atoms with Crippen LogP contribution in [0.4, 0.5) is 10.1 Å². The summed E-state index contributed by atoms with van der Waals surface area (Å²) in [5.74, 6) is 0. The molecular formula is C11H13FN2. The summed E-state index contributed by atoms with van der Waals surface area (Å²) in [6.45, 7) is 1.78. The molecule has 0 amide bonds. The Morgan fingerprint density at radius 3 is 2.86 bits per heavy atom. The van der Waals surface area contributed by atoms with Gasteiger partial charge in [0.25, 0.3) is 0 Å². The predicted molar refractivity (Wildman–Crippen MR) is 54.8 cm³/mol. The van der Waals surface area contributed by atoms with Gasteiger partial charge in [-0.3, -0.25) is 0 Å². The molecule has 0 radical (unpaired) electrons. The van der Waals surface area contributed by atoms with Gasteiger partial charge in [0.15, 0.2) is 0 Å². The standard InChI is InChI=1S/C11H13FN2/c1-9(12)8-14-11-5-3-2-4-10(11)6-7-13/h2-5,9,14H,6,8H2,1H3. The molecule has 3 heteroatoms. The number of nitriles is 1. The van der Waals surface area contributed by atoms with Crippen LogP contribution in [0, 0.1) is 11.3 Å². The Labute approximate surface area is 83.4 Å². The van der Waals surface area contributed by atoms with Crippen LogP contribution in [-0.2, 0) is 6.42 Å². The zero-order valence-electron chi connectivity index (χ0n) is 8.13. The van der Waals surface area contributed by atoms with E-state index in [1.807, 2.05) is 24.3 Å². The number of para-hydroxylation sites is 1. The molecule has 1 atom stereocenters. The van der Waals surface area contributed by atoms with Gasteiger partial charge in [-0.15, -0.1) is 0 Å². The van der Waals surface area contributed by atoms with E-state index in [0.717, 1.165) is 11.3 Å². The second-order valence-corrected chi connectivity index (χ2v) is 3.15. The lowest BCUT2D eigenvalue weighted by Gasteiger charge is -2.10. The first-order chi connectivity index (χ1) is 6.74. The largest absolute Gasteiger partial charge is 0.382 e. The monoisotopic (exact) mass is 192 g/mol. The molecule has 0 aliphatic rings. The van der Waals surface area contributed by atoms with E-state index >= 15 is 0 Å². The molecule has 0 fully saturated rings. The third-order valence-corrected chi connectivity index (χ3v) is 1.86. The predicted octanol–water partition coefficient (Wildman–Crippen LogP) is 2.52. The summed E-state index contributed by atoms with van der Waals surface area (Å²) in [7, 11) is 0. The Kier molecular flexibility index (Phi) is 3.93. The number of alkyl halides is 1. The van der Waals surface area contributed by atoms with Crippen molar-refractivity contribution in [3.05, 3.63) is 29.8 Å². The fourth-order valence-corrected chi connectivity index (χ4v) is 1.18. The van der Waals surface area contributed by atoms with Gasteiger partial charge in [0.05, 0.1) is 12.5 Å². The normalized spacial score (nSPS) is 11.8. The number of hydrogen-bond donors (Lipinski definition) is 1. The summed E-state index contributed by atoms with van der Waals surface area (Å²) < 4.78 is 12.6. The summed E-state index contributed by atoms with van der Waals surface area (Å²) in [5, 5.41) is 11.5. The first-order valence-corrected chi connectivity index (χ1v) is 4.57. The molecule has 1 N–H and O–H groups in total. The van der Waals surface area contributed by atoms with Gasteiger partial charge in [-0.2, -0.15) is 5.26 Å². The van der Waals surface area contributed by atoms with E-state index in [9.17, 15) is 4.39 Å². The Hall–Kier alpha value is -1.56. The fourth-order valence-electron chi connectivity index (χ4n) is 1.18. The summed E-state index contributed by atoms with van der Waals surface area (Å²) in [5.41, 5.74) is 1.76. The molecule has 74 valence electrons. The van der Waals surface area contributed by atoms with E-state index in [2.05, 4.69) is 11.4 Å². The topological polar surface area (TPSA) is 35.8 Å². The van der Waals surface area contributed by atoms with Crippen molar-refractivity contribution in [2.24, 2.45) is 0 Å². The molecule has 2 nitrogen and oxygen atoms in total. The van der Waals surface area contributed by atoms with Gasteiger partial charge >= 0.3 is 0 Å². The highest BCUT2D eigenvalue weighted by molar-refractivity contribution is 5.52. The lowest BCUT2D eigenvalue weighted by Crippen LogP contribution is -2.12. The molecule has 0 aliphatic heterocycles. The van der Waals surface area contributed by atoms with Crippen LogP contribution in [0.2, 0.25) is 0 Å².